The van der Waals surface area contributed by atoms with E-state index in [0.717, 1.165) is 5.56 Å². The molecule has 24 heavy (non-hydrogen) atoms. The third kappa shape index (κ3) is 4.01. The molecule has 126 valence electrons. The molecular weight excluding hydrogens is 333 g/mol. The molecule has 1 saturated heterocycles. The number of halogens is 2. The van der Waals surface area contributed by atoms with Gasteiger partial charge in [-0.3, -0.25) is 4.79 Å². The van der Waals surface area contributed by atoms with Crippen molar-refractivity contribution in [2.45, 2.75) is 18.8 Å². The Balaban J connectivity index is 1.59. The van der Waals surface area contributed by atoms with Gasteiger partial charge < -0.3 is 10.6 Å². The van der Waals surface area contributed by atoms with Gasteiger partial charge in [0, 0.05) is 11.6 Å². The molecule has 3 rings (SSSR count). The fraction of sp³-hybridized carbons (Fsp3) is 0.188. The summed E-state index contributed by atoms with van der Waals surface area (Å²) in [5.41, 5.74) is 9.60. The highest BCUT2D eigenvalue weighted by Gasteiger charge is 2.32. The quantitative estimate of drug-likeness (QED) is 0.566. The molecule has 1 aliphatic heterocycles. The Morgan fingerprint density at radius 1 is 1.12 bits per heavy atom. The van der Waals surface area contributed by atoms with E-state index < -0.39 is 12.2 Å². The van der Waals surface area contributed by atoms with Crippen LogP contribution in [0.2, 0.25) is 5.02 Å². The number of hydrogen-bond donors (Lipinski definition) is 5. The molecule has 8 heteroatoms. The van der Waals surface area contributed by atoms with E-state index >= 15 is 0 Å². The van der Waals surface area contributed by atoms with E-state index in [0.29, 0.717) is 17.3 Å². The van der Waals surface area contributed by atoms with Gasteiger partial charge in [0.15, 0.2) is 0 Å². The number of nitrogens with one attached hydrogen (secondary N) is 5. The maximum atomic E-state index is 13.7. The van der Waals surface area contributed by atoms with Crippen molar-refractivity contribution in [3.63, 3.8) is 0 Å². The number of carbonyl (C=O) groups is 1. The number of carbonyl (C=O) groups excluding carboxylic acids is 1. The molecule has 6 nitrogen and oxygen atoms in total. The first-order chi connectivity index (χ1) is 11.6. The van der Waals surface area contributed by atoms with Crippen LogP contribution in [0.1, 0.15) is 5.56 Å². The smallest absolute Gasteiger partial charge is 0.242 e. The summed E-state index contributed by atoms with van der Waals surface area (Å²) in [5, 5.41) is 6.43. The molecule has 0 aliphatic carbocycles. The van der Waals surface area contributed by atoms with Gasteiger partial charge >= 0.3 is 0 Å². The normalized spacial score (nSPS) is 19.9. The monoisotopic (exact) mass is 349 g/mol. The SMILES string of the molecule is O=C(NCc1ccc(Cl)cc1)C1NNNC1Nc1ccccc1F. The van der Waals surface area contributed by atoms with E-state index in [1.54, 1.807) is 30.3 Å². The minimum atomic E-state index is -0.614. The van der Waals surface area contributed by atoms with Crippen molar-refractivity contribution in [1.29, 1.82) is 0 Å². The molecule has 1 aliphatic rings. The number of hydrazine groups is 2. The molecule has 2 unspecified atom stereocenters. The Morgan fingerprint density at radius 2 is 1.88 bits per heavy atom. The fourth-order valence-electron chi connectivity index (χ4n) is 2.35. The first-order valence-electron chi connectivity index (χ1n) is 7.43. The standard InChI is InChI=1S/C16H17ClFN5O/c17-11-7-5-10(6-8-11)9-19-16(24)14-15(22-23-21-14)20-13-4-2-1-3-12(13)18/h1-8,14-15,20-23H,9H2,(H,19,24). The summed E-state index contributed by atoms with van der Waals surface area (Å²) in [5.74, 6) is -0.609. The van der Waals surface area contributed by atoms with Crippen molar-refractivity contribution in [1.82, 2.24) is 21.7 Å². The van der Waals surface area contributed by atoms with Gasteiger partial charge in [0.25, 0.3) is 0 Å². The third-order valence-corrected chi connectivity index (χ3v) is 3.89. The van der Waals surface area contributed by atoms with E-state index in [1.165, 1.54) is 6.07 Å². The predicted octanol–water partition coefficient (Wildman–Crippen LogP) is 1.51. The van der Waals surface area contributed by atoms with Crippen LogP contribution in [0, 0.1) is 5.82 Å². The Bertz CT molecular complexity index is 712. The van der Waals surface area contributed by atoms with Gasteiger partial charge in [0.05, 0.1) is 5.69 Å². The van der Waals surface area contributed by atoms with E-state index in [9.17, 15) is 9.18 Å². The highest BCUT2D eigenvalue weighted by Crippen LogP contribution is 2.15. The Labute approximate surface area is 143 Å². The molecule has 0 radical (unpaired) electrons. The second-order valence-electron chi connectivity index (χ2n) is 5.34. The summed E-state index contributed by atoms with van der Waals surface area (Å²) in [4.78, 5) is 12.4. The van der Waals surface area contributed by atoms with Crippen LogP contribution in [0.4, 0.5) is 10.1 Å². The lowest BCUT2D eigenvalue weighted by atomic mass is 10.2. The molecular formula is C16H17ClFN5O. The molecule has 1 fully saturated rings. The molecule has 2 atom stereocenters. The van der Waals surface area contributed by atoms with E-state index in [-0.39, 0.29) is 11.7 Å². The van der Waals surface area contributed by atoms with E-state index in [2.05, 4.69) is 27.0 Å². The summed E-state index contributed by atoms with van der Waals surface area (Å²) in [6, 6.07) is 12.9. The minimum absolute atomic E-state index is 0.226. The first-order valence-corrected chi connectivity index (χ1v) is 7.80. The van der Waals surface area contributed by atoms with Crippen LogP contribution >= 0.6 is 11.6 Å². The summed E-state index contributed by atoms with van der Waals surface area (Å²) in [6.07, 6.45) is -0.507. The van der Waals surface area contributed by atoms with Gasteiger partial charge in [-0.2, -0.15) is 5.53 Å². The molecule has 1 amide bonds. The second kappa shape index (κ2) is 7.59. The van der Waals surface area contributed by atoms with Crippen molar-refractivity contribution in [3.8, 4) is 0 Å². The van der Waals surface area contributed by atoms with Crippen LogP contribution in [0.3, 0.4) is 0 Å². The van der Waals surface area contributed by atoms with Gasteiger partial charge in [-0.05, 0) is 29.8 Å². The number of anilines is 1. The zero-order valence-electron chi connectivity index (χ0n) is 12.6. The van der Waals surface area contributed by atoms with Crippen molar-refractivity contribution in [2.75, 3.05) is 5.32 Å². The van der Waals surface area contributed by atoms with Gasteiger partial charge in [0.1, 0.15) is 18.0 Å². The van der Waals surface area contributed by atoms with Gasteiger partial charge in [0.2, 0.25) is 5.91 Å². The fourth-order valence-corrected chi connectivity index (χ4v) is 2.47. The number of amides is 1. The van der Waals surface area contributed by atoms with E-state index in [1.807, 2.05) is 12.1 Å². The van der Waals surface area contributed by atoms with Crippen LogP contribution in [-0.4, -0.2) is 18.1 Å². The highest BCUT2D eigenvalue weighted by molar-refractivity contribution is 6.30. The molecule has 2 aromatic carbocycles. The van der Waals surface area contributed by atoms with Crippen LogP contribution in [-0.2, 0) is 11.3 Å². The van der Waals surface area contributed by atoms with Crippen LogP contribution in [0.5, 0.6) is 0 Å². The number of benzene rings is 2. The maximum Gasteiger partial charge on any atom is 0.242 e. The van der Waals surface area contributed by atoms with Crippen LogP contribution < -0.4 is 27.0 Å². The van der Waals surface area contributed by atoms with Crippen LogP contribution in [0.15, 0.2) is 48.5 Å². The summed E-state index contributed by atoms with van der Waals surface area (Å²) >= 11 is 5.83. The third-order valence-electron chi connectivity index (χ3n) is 3.64. The molecule has 1 heterocycles. The Hall–Kier alpha value is -2.19. The van der Waals surface area contributed by atoms with Gasteiger partial charge in [-0.1, -0.05) is 35.9 Å². The summed E-state index contributed by atoms with van der Waals surface area (Å²) < 4.78 is 13.7. The highest BCUT2D eigenvalue weighted by atomic mass is 35.5. The summed E-state index contributed by atoms with van der Waals surface area (Å²) in [7, 11) is 0. The molecule has 0 bridgehead atoms. The molecule has 0 spiro atoms. The van der Waals surface area contributed by atoms with E-state index in [4.69, 9.17) is 11.6 Å². The lowest BCUT2D eigenvalue weighted by Crippen LogP contribution is -2.50. The van der Waals surface area contributed by atoms with Crippen molar-refractivity contribution < 1.29 is 9.18 Å². The lowest BCUT2D eigenvalue weighted by molar-refractivity contribution is -0.123. The Kier molecular flexibility index (Phi) is 5.27. The minimum Gasteiger partial charge on any atom is -0.365 e. The van der Waals surface area contributed by atoms with Crippen molar-refractivity contribution >= 4 is 23.2 Å². The van der Waals surface area contributed by atoms with Crippen molar-refractivity contribution in [3.05, 3.63) is 64.9 Å². The first kappa shape index (κ1) is 16.7. The molecule has 0 saturated carbocycles. The summed E-state index contributed by atoms with van der Waals surface area (Å²) in [6.45, 7) is 0.376. The Morgan fingerprint density at radius 3 is 2.62 bits per heavy atom. The van der Waals surface area contributed by atoms with Gasteiger partial charge in [-0.25, -0.2) is 15.2 Å². The largest absolute Gasteiger partial charge is 0.365 e. The molecule has 5 N–H and O–H groups in total. The van der Waals surface area contributed by atoms with Crippen LogP contribution in [0.25, 0.3) is 0 Å². The number of rotatable bonds is 5. The van der Waals surface area contributed by atoms with Gasteiger partial charge in [-0.15, -0.1) is 0 Å². The predicted molar refractivity (Wildman–Crippen MR) is 90.3 cm³/mol. The zero-order valence-corrected chi connectivity index (χ0v) is 13.4. The number of para-hydroxylation sites is 1. The molecule has 2 aromatic rings. The zero-order chi connectivity index (χ0) is 16.9. The number of hydrogen-bond acceptors (Lipinski definition) is 5. The maximum absolute atomic E-state index is 13.7. The average molecular weight is 350 g/mol. The second-order valence-corrected chi connectivity index (χ2v) is 5.77. The molecule has 0 aromatic heterocycles. The topological polar surface area (TPSA) is 77.2 Å². The van der Waals surface area contributed by atoms with Crippen molar-refractivity contribution in [2.24, 2.45) is 0 Å². The average Bonchev–Trinajstić information content (AvgIpc) is 3.04. The lowest BCUT2D eigenvalue weighted by Gasteiger charge is -2.20.